The van der Waals surface area contributed by atoms with Gasteiger partial charge in [0.05, 0.1) is 5.39 Å². The molecule has 5 aromatic rings. The van der Waals surface area contributed by atoms with Crippen LogP contribution in [0.1, 0.15) is 0 Å². The van der Waals surface area contributed by atoms with Crippen molar-refractivity contribution in [3.63, 3.8) is 0 Å². The molecule has 0 aliphatic carbocycles. The number of anilines is 1. The average Bonchev–Trinajstić information content (AvgIpc) is 3.59. The predicted molar refractivity (Wildman–Crippen MR) is 133 cm³/mol. The summed E-state index contributed by atoms with van der Waals surface area (Å²) >= 11 is 1.59. The van der Waals surface area contributed by atoms with Gasteiger partial charge in [-0.15, -0.1) is 11.3 Å². The van der Waals surface area contributed by atoms with Crippen LogP contribution in [0.2, 0.25) is 0 Å². The van der Waals surface area contributed by atoms with Crippen molar-refractivity contribution >= 4 is 38.4 Å². The Bertz CT molecular complexity index is 1450. The third kappa shape index (κ3) is 4.43. The molecule has 0 saturated carbocycles. The Balaban J connectivity index is 1.02. The van der Waals surface area contributed by atoms with E-state index in [4.69, 9.17) is 13.8 Å². The molecule has 9 nitrogen and oxygen atoms in total. The quantitative estimate of drug-likeness (QED) is 0.349. The normalized spacial score (nSPS) is 15.7. The number of thiophene rings is 1. The van der Waals surface area contributed by atoms with E-state index < -0.39 is 6.10 Å². The van der Waals surface area contributed by atoms with E-state index in [2.05, 4.69) is 20.1 Å². The van der Waals surface area contributed by atoms with Crippen molar-refractivity contribution in [3.8, 4) is 22.8 Å². The molecule has 1 aliphatic heterocycles. The highest BCUT2D eigenvalue weighted by atomic mass is 32.1. The SMILES string of the molecule is Oc1ccc2c(N3CCN(C[C@@H](O)COc4cccc(-c5noc6ccsc56)c4)CC3)noc2c1. The number of piperazine rings is 1. The fourth-order valence-electron chi connectivity index (χ4n) is 4.42. The Labute approximate surface area is 204 Å². The van der Waals surface area contributed by atoms with Crippen LogP contribution >= 0.6 is 11.3 Å². The topological polar surface area (TPSA) is 108 Å². The molecule has 1 saturated heterocycles. The molecule has 4 heterocycles. The molecule has 180 valence electrons. The van der Waals surface area contributed by atoms with Gasteiger partial charge in [0, 0.05) is 44.4 Å². The number of phenolic OH excluding ortho intramolecular Hbond substituents is 1. The first-order valence-electron chi connectivity index (χ1n) is 11.4. The molecule has 10 heteroatoms. The molecular weight excluding hydrogens is 468 g/mol. The van der Waals surface area contributed by atoms with Gasteiger partial charge in [-0.25, -0.2) is 0 Å². The number of rotatable bonds is 7. The second-order valence-electron chi connectivity index (χ2n) is 8.61. The first kappa shape index (κ1) is 21.9. The number of aromatic hydroxyl groups is 1. The molecule has 0 amide bonds. The number of aliphatic hydroxyl groups excluding tert-OH is 1. The summed E-state index contributed by atoms with van der Waals surface area (Å²) in [5.41, 5.74) is 3.07. The van der Waals surface area contributed by atoms with E-state index in [9.17, 15) is 10.2 Å². The van der Waals surface area contributed by atoms with E-state index >= 15 is 0 Å². The second kappa shape index (κ2) is 9.21. The average molecular weight is 493 g/mol. The van der Waals surface area contributed by atoms with Crippen molar-refractivity contribution in [2.75, 3.05) is 44.2 Å². The lowest BCUT2D eigenvalue weighted by Gasteiger charge is -2.35. The first-order valence-corrected chi connectivity index (χ1v) is 12.3. The van der Waals surface area contributed by atoms with Crippen LogP contribution in [-0.2, 0) is 0 Å². The number of benzene rings is 2. The zero-order chi connectivity index (χ0) is 23.8. The molecule has 2 aromatic carbocycles. The Morgan fingerprint density at radius 1 is 1.00 bits per heavy atom. The molecule has 3 aromatic heterocycles. The van der Waals surface area contributed by atoms with E-state index in [1.807, 2.05) is 41.8 Å². The number of fused-ring (bicyclic) bond motifs is 2. The van der Waals surface area contributed by atoms with E-state index in [1.165, 1.54) is 0 Å². The standard InChI is InChI=1S/C25H24N4O5S/c30-17-4-5-20-22(13-17)34-27-25(20)29-9-7-28(8-10-29)14-18(31)15-32-19-3-1-2-16(12-19)23-24-21(33-26-23)6-11-35-24/h1-6,11-13,18,30-31H,7-10,14-15H2/t18-/m1/s1. The van der Waals surface area contributed by atoms with Gasteiger partial charge in [-0.05, 0) is 35.7 Å². The van der Waals surface area contributed by atoms with Gasteiger partial charge < -0.3 is 28.9 Å². The second-order valence-corrected chi connectivity index (χ2v) is 9.53. The predicted octanol–water partition coefficient (Wildman–Crippen LogP) is 3.97. The fraction of sp³-hybridized carbons (Fsp3) is 0.280. The maximum absolute atomic E-state index is 10.6. The van der Waals surface area contributed by atoms with E-state index in [-0.39, 0.29) is 12.4 Å². The van der Waals surface area contributed by atoms with Crippen LogP contribution in [0, 0.1) is 0 Å². The fourth-order valence-corrected chi connectivity index (χ4v) is 5.24. The summed E-state index contributed by atoms with van der Waals surface area (Å²) in [4.78, 5) is 4.39. The van der Waals surface area contributed by atoms with Gasteiger partial charge in [-0.1, -0.05) is 22.4 Å². The van der Waals surface area contributed by atoms with Gasteiger partial charge >= 0.3 is 0 Å². The van der Waals surface area contributed by atoms with Crippen molar-refractivity contribution < 1.29 is 24.0 Å². The van der Waals surface area contributed by atoms with Gasteiger partial charge in [0.25, 0.3) is 0 Å². The number of hydrogen-bond acceptors (Lipinski definition) is 10. The molecule has 2 N–H and O–H groups in total. The first-order chi connectivity index (χ1) is 17.1. The molecule has 1 aliphatic rings. The number of phenols is 1. The van der Waals surface area contributed by atoms with Crippen LogP contribution in [0.3, 0.4) is 0 Å². The number of β-amino-alcohol motifs (C(OH)–C–C–N with tert-alkyl or cyclic N) is 1. The van der Waals surface area contributed by atoms with E-state index in [0.717, 1.165) is 58.9 Å². The van der Waals surface area contributed by atoms with Crippen LogP contribution in [0.25, 0.3) is 32.5 Å². The van der Waals surface area contributed by atoms with Crippen LogP contribution < -0.4 is 9.64 Å². The monoisotopic (exact) mass is 492 g/mol. The van der Waals surface area contributed by atoms with Crippen molar-refractivity contribution in [2.24, 2.45) is 0 Å². The Hall–Kier alpha value is -3.60. The third-order valence-electron chi connectivity index (χ3n) is 6.21. The number of aromatic nitrogens is 2. The zero-order valence-corrected chi connectivity index (χ0v) is 19.6. The third-order valence-corrected chi connectivity index (χ3v) is 7.11. The zero-order valence-electron chi connectivity index (χ0n) is 18.8. The lowest BCUT2D eigenvalue weighted by molar-refractivity contribution is 0.0662. The van der Waals surface area contributed by atoms with Crippen molar-refractivity contribution in [2.45, 2.75) is 6.10 Å². The highest BCUT2D eigenvalue weighted by Gasteiger charge is 2.23. The van der Waals surface area contributed by atoms with Gasteiger partial charge in [0.1, 0.15) is 34.6 Å². The van der Waals surface area contributed by atoms with Crippen LogP contribution in [0.4, 0.5) is 5.82 Å². The Kier molecular flexibility index (Phi) is 5.77. The van der Waals surface area contributed by atoms with Crippen molar-refractivity contribution in [1.82, 2.24) is 15.2 Å². The number of nitrogens with zero attached hydrogens (tertiary/aromatic N) is 4. The number of ether oxygens (including phenoxy) is 1. The van der Waals surface area contributed by atoms with Crippen molar-refractivity contribution in [3.05, 3.63) is 53.9 Å². The summed E-state index contributed by atoms with van der Waals surface area (Å²) in [7, 11) is 0. The molecule has 1 atom stereocenters. The molecule has 35 heavy (non-hydrogen) atoms. The molecule has 1 fully saturated rings. The highest BCUT2D eigenvalue weighted by Crippen LogP contribution is 2.33. The van der Waals surface area contributed by atoms with Crippen molar-refractivity contribution in [1.29, 1.82) is 0 Å². The van der Waals surface area contributed by atoms with Crippen LogP contribution in [-0.4, -0.2) is 70.9 Å². The molecule has 0 spiro atoms. The number of hydrogen-bond donors (Lipinski definition) is 2. The molecule has 6 rings (SSSR count). The smallest absolute Gasteiger partial charge is 0.180 e. The molecular formula is C25H24N4O5S. The molecule has 0 unspecified atom stereocenters. The maximum atomic E-state index is 10.6. The lowest BCUT2D eigenvalue weighted by Crippen LogP contribution is -2.49. The minimum Gasteiger partial charge on any atom is -0.508 e. The minimum atomic E-state index is -0.614. The number of aliphatic hydroxyl groups is 1. The lowest BCUT2D eigenvalue weighted by atomic mass is 10.1. The van der Waals surface area contributed by atoms with Crippen LogP contribution in [0.5, 0.6) is 11.5 Å². The van der Waals surface area contributed by atoms with E-state index in [1.54, 1.807) is 23.5 Å². The van der Waals surface area contributed by atoms with Gasteiger partial charge in [-0.2, -0.15) is 0 Å². The van der Waals surface area contributed by atoms with Gasteiger partial charge in [-0.3, -0.25) is 4.90 Å². The summed E-state index contributed by atoms with van der Waals surface area (Å²) in [6.07, 6.45) is -0.614. The van der Waals surface area contributed by atoms with Gasteiger partial charge in [0.15, 0.2) is 17.0 Å². The maximum Gasteiger partial charge on any atom is 0.180 e. The van der Waals surface area contributed by atoms with Gasteiger partial charge in [0.2, 0.25) is 0 Å². The summed E-state index contributed by atoms with van der Waals surface area (Å²) in [6, 6.07) is 14.6. The summed E-state index contributed by atoms with van der Waals surface area (Å²) in [5.74, 6) is 1.63. The molecule has 0 bridgehead atoms. The largest absolute Gasteiger partial charge is 0.508 e. The molecule has 0 radical (unpaired) electrons. The Morgan fingerprint density at radius 2 is 1.86 bits per heavy atom. The summed E-state index contributed by atoms with van der Waals surface area (Å²) in [5, 5.41) is 31.5. The van der Waals surface area contributed by atoms with E-state index in [0.29, 0.717) is 17.9 Å². The summed E-state index contributed by atoms with van der Waals surface area (Å²) < 4.78 is 17.6. The van der Waals surface area contributed by atoms with Crippen LogP contribution in [0.15, 0.2) is 63.0 Å². The minimum absolute atomic E-state index is 0.158. The Morgan fingerprint density at radius 3 is 2.74 bits per heavy atom. The summed E-state index contributed by atoms with van der Waals surface area (Å²) in [6.45, 7) is 3.86. The highest BCUT2D eigenvalue weighted by molar-refractivity contribution is 7.17.